The van der Waals surface area contributed by atoms with Crippen molar-refractivity contribution in [1.82, 2.24) is 6.15 Å². The number of hydrogen-bond donors (Lipinski definition) is 1. The van der Waals surface area contributed by atoms with Crippen LogP contribution in [0.4, 0.5) is 0 Å². The van der Waals surface area contributed by atoms with Crippen molar-refractivity contribution in [1.29, 1.82) is 0 Å². The van der Waals surface area contributed by atoms with Crippen molar-refractivity contribution >= 4 is 6.71 Å². The molecular formula is C12H30BN. The van der Waals surface area contributed by atoms with E-state index in [1.54, 1.807) is 0 Å². The van der Waals surface area contributed by atoms with Crippen LogP contribution >= 0.6 is 0 Å². The molecule has 0 radical (unpaired) electrons. The van der Waals surface area contributed by atoms with Gasteiger partial charge < -0.3 is 6.15 Å². The van der Waals surface area contributed by atoms with Gasteiger partial charge in [-0.15, -0.1) is 0 Å². The largest absolute Gasteiger partial charge is 0.344 e. The Bertz CT molecular complexity index is 77.3. The van der Waals surface area contributed by atoms with Gasteiger partial charge >= 0.3 is 0 Å². The fourth-order valence-electron chi connectivity index (χ4n) is 1.91. The molecule has 0 fully saturated rings. The average molecular weight is 199 g/mol. The monoisotopic (exact) mass is 199 g/mol. The van der Waals surface area contributed by atoms with E-state index in [2.05, 4.69) is 20.8 Å². The summed E-state index contributed by atoms with van der Waals surface area (Å²) < 4.78 is 0. The third kappa shape index (κ3) is 10.1. The molecular weight excluding hydrogens is 169 g/mol. The van der Waals surface area contributed by atoms with E-state index in [0.29, 0.717) is 0 Å². The Kier molecular flexibility index (Phi) is 15.3. The molecule has 14 heavy (non-hydrogen) atoms. The minimum absolute atomic E-state index is 0. The predicted octanol–water partition coefficient (Wildman–Crippen LogP) is 5.04. The van der Waals surface area contributed by atoms with Crippen LogP contribution in [0.1, 0.15) is 59.3 Å². The number of unbranched alkanes of at least 4 members (excludes halogenated alkanes) is 3. The lowest BCUT2D eigenvalue weighted by atomic mass is 9.41. The molecule has 0 aliphatic heterocycles. The van der Waals surface area contributed by atoms with E-state index in [4.69, 9.17) is 0 Å². The van der Waals surface area contributed by atoms with Crippen LogP contribution in [0.3, 0.4) is 0 Å². The van der Waals surface area contributed by atoms with Crippen molar-refractivity contribution < 1.29 is 0 Å². The fraction of sp³-hybridized carbons (Fsp3) is 1.00. The highest BCUT2D eigenvalue weighted by Crippen LogP contribution is 2.16. The first-order valence-corrected chi connectivity index (χ1v) is 6.35. The minimum Gasteiger partial charge on any atom is -0.344 e. The summed E-state index contributed by atoms with van der Waals surface area (Å²) in [6.45, 7) is 7.95. The molecule has 0 spiro atoms. The first kappa shape index (κ1) is 16.5. The van der Waals surface area contributed by atoms with Gasteiger partial charge in [0, 0.05) is 0 Å². The quantitative estimate of drug-likeness (QED) is 0.518. The van der Waals surface area contributed by atoms with E-state index in [-0.39, 0.29) is 6.15 Å². The molecule has 1 nitrogen and oxygen atoms in total. The second kappa shape index (κ2) is 13.0. The highest BCUT2D eigenvalue weighted by molar-refractivity contribution is 6.58. The summed E-state index contributed by atoms with van der Waals surface area (Å²) in [6.07, 6.45) is 12.9. The van der Waals surface area contributed by atoms with Crippen LogP contribution < -0.4 is 6.15 Å². The van der Waals surface area contributed by atoms with Gasteiger partial charge in [-0.05, 0) is 0 Å². The van der Waals surface area contributed by atoms with Gasteiger partial charge in [0.15, 0.2) is 0 Å². The summed E-state index contributed by atoms with van der Waals surface area (Å²) in [5, 5.41) is 0. The Morgan fingerprint density at radius 3 is 1.14 bits per heavy atom. The van der Waals surface area contributed by atoms with Crippen molar-refractivity contribution in [2.75, 3.05) is 0 Å². The molecule has 3 N–H and O–H groups in total. The summed E-state index contributed by atoms with van der Waals surface area (Å²) in [7, 11) is 0. The molecule has 0 aromatic rings. The maximum absolute atomic E-state index is 2.30. The maximum atomic E-state index is 2.30. The molecule has 0 saturated heterocycles. The second-order valence-corrected chi connectivity index (χ2v) is 4.29. The molecule has 0 saturated carbocycles. The van der Waals surface area contributed by atoms with Crippen molar-refractivity contribution in [2.24, 2.45) is 0 Å². The van der Waals surface area contributed by atoms with Crippen LogP contribution in [0.15, 0.2) is 0 Å². The van der Waals surface area contributed by atoms with Crippen molar-refractivity contribution in [3.05, 3.63) is 0 Å². The highest BCUT2D eigenvalue weighted by Gasteiger charge is 2.10. The number of rotatable bonds is 9. The van der Waals surface area contributed by atoms with Gasteiger partial charge in [-0.2, -0.15) is 0 Å². The lowest BCUT2D eigenvalue weighted by molar-refractivity contribution is 0.812. The van der Waals surface area contributed by atoms with Crippen LogP contribution in [0, 0.1) is 0 Å². The standard InChI is InChI=1S/C12H27B.H3N/c1-4-7-10-13(11-8-5-2)12-9-6-3;/h4-12H2,1-3H3;1H3. The van der Waals surface area contributed by atoms with Gasteiger partial charge in [0.05, 0.1) is 0 Å². The molecule has 0 heterocycles. The molecule has 0 aliphatic rings. The third-order valence-corrected chi connectivity index (χ3v) is 2.90. The minimum atomic E-state index is 0. The van der Waals surface area contributed by atoms with Crippen molar-refractivity contribution in [2.45, 2.75) is 78.3 Å². The van der Waals surface area contributed by atoms with Crippen LogP contribution in [0.5, 0.6) is 0 Å². The molecule has 0 unspecified atom stereocenters. The van der Waals surface area contributed by atoms with E-state index in [1.165, 1.54) is 57.5 Å². The second-order valence-electron chi connectivity index (χ2n) is 4.29. The van der Waals surface area contributed by atoms with Crippen LogP contribution in [-0.2, 0) is 0 Å². The summed E-state index contributed by atoms with van der Waals surface area (Å²) in [4.78, 5) is 0. The van der Waals surface area contributed by atoms with Crippen LogP contribution in [0.25, 0.3) is 0 Å². The van der Waals surface area contributed by atoms with E-state index >= 15 is 0 Å². The van der Waals surface area contributed by atoms with Crippen LogP contribution in [0.2, 0.25) is 19.0 Å². The van der Waals surface area contributed by atoms with Gasteiger partial charge in [-0.3, -0.25) is 0 Å². The summed E-state index contributed by atoms with van der Waals surface area (Å²) >= 11 is 0. The summed E-state index contributed by atoms with van der Waals surface area (Å²) in [5.41, 5.74) is 0. The van der Waals surface area contributed by atoms with Gasteiger partial charge in [-0.25, -0.2) is 0 Å². The molecule has 0 bridgehead atoms. The Morgan fingerprint density at radius 2 is 0.929 bits per heavy atom. The van der Waals surface area contributed by atoms with E-state index in [9.17, 15) is 0 Å². The first-order chi connectivity index (χ1) is 6.35. The molecule has 0 amide bonds. The van der Waals surface area contributed by atoms with E-state index < -0.39 is 0 Å². The predicted molar refractivity (Wildman–Crippen MR) is 69.9 cm³/mol. The van der Waals surface area contributed by atoms with Gasteiger partial charge in [0.25, 0.3) is 0 Å². The lowest BCUT2D eigenvalue weighted by Crippen LogP contribution is -2.11. The Balaban J connectivity index is 0. The Morgan fingerprint density at radius 1 is 0.643 bits per heavy atom. The zero-order valence-corrected chi connectivity index (χ0v) is 10.6. The topological polar surface area (TPSA) is 35.0 Å². The maximum Gasteiger partial charge on any atom is 0.139 e. The van der Waals surface area contributed by atoms with Crippen molar-refractivity contribution in [3.63, 3.8) is 0 Å². The smallest absolute Gasteiger partial charge is 0.139 e. The first-order valence-electron chi connectivity index (χ1n) is 6.35. The molecule has 0 aliphatic carbocycles. The van der Waals surface area contributed by atoms with Gasteiger partial charge in [0.1, 0.15) is 6.71 Å². The molecule has 2 heteroatoms. The summed E-state index contributed by atoms with van der Waals surface area (Å²) in [6, 6.07) is 0. The van der Waals surface area contributed by atoms with E-state index in [1.807, 2.05) is 0 Å². The van der Waals surface area contributed by atoms with Gasteiger partial charge in [-0.1, -0.05) is 78.3 Å². The zero-order chi connectivity index (χ0) is 9.94. The number of hydrogen-bond acceptors (Lipinski definition) is 1. The normalized spacial score (nSPS) is 9.64. The molecule has 0 aromatic heterocycles. The van der Waals surface area contributed by atoms with Gasteiger partial charge in [0.2, 0.25) is 0 Å². The van der Waals surface area contributed by atoms with E-state index in [0.717, 1.165) is 6.71 Å². The summed E-state index contributed by atoms with van der Waals surface area (Å²) in [5.74, 6) is 0. The highest BCUT2D eigenvalue weighted by atomic mass is 14.0. The molecule has 0 rings (SSSR count). The molecule has 0 atom stereocenters. The Labute approximate surface area is 91.7 Å². The SMILES string of the molecule is CCCCB(CCCC)CCCC.N. The zero-order valence-electron chi connectivity index (χ0n) is 10.6. The molecule has 86 valence electrons. The average Bonchev–Trinajstić information content (AvgIpc) is 2.17. The Hall–Kier alpha value is 0.0249. The van der Waals surface area contributed by atoms with Crippen LogP contribution in [-0.4, -0.2) is 6.71 Å². The van der Waals surface area contributed by atoms with Crippen molar-refractivity contribution in [3.8, 4) is 0 Å². The fourth-order valence-corrected chi connectivity index (χ4v) is 1.91. The lowest BCUT2D eigenvalue weighted by Gasteiger charge is -2.11. The molecule has 0 aromatic carbocycles. The third-order valence-electron chi connectivity index (χ3n) is 2.90.